The van der Waals surface area contributed by atoms with Gasteiger partial charge in [-0.1, -0.05) is 23.7 Å². The number of imidazole rings is 1. The van der Waals surface area contributed by atoms with E-state index in [1.54, 1.807) is 0 Å². The Morgan fingerprint density at radius 3 is 2.71 bits per heavy atom. The van der Waals surface area contributed by atoms with Crippen molar-refractivity contribution in [2.24, 2.45) is 0 Å². The fraction of sp³-hybridized carbons (Fsp3) is 0.435. The highest BCUT2D eigenvalue weighted by Gasteiger charge is 2.24. The summed E-state index contributed by atoms with van der Waals surface area (Å²) >= 11 is 6.10. The number of aryl methyl sites for hydroxylation is 2. The molecule has 0 radical (unpaired) electrons. The zero-order valence-electron chi connectivity index (χ0n) is 16.7. The van der Waals surface area contributed by atoms with Crippen molar-refractivity contribution < 1.29 is 4.74 Å². The standard InChI is InChI=1S/C23H28ClN3O/c1-17-16-19(10-11-20(17)24)28-15-7-14-27-22-9-4-3-8-21(22)25-23(27)18(2)26-12-5-6-13-26/h3-4,8-11,16,18H,5-7,12-15H2,1-2H3. The van der Waals surface area contributed by atoms with Crippen LogP contribution in [0.1, 0.15) is 43.6 Å². The maximum absolute atomic E-state index is 6.10. The molecule has 2 heterocycles. The Labute approximate surface area is 172 Å². The van der Waals surface area contributed by atoms with Crippen molar-refractivity contribution >= 4 is 22.6 Å². The molecule has 0 N–H and O–H groups in total. The summed E-state index contributed by atoms with van der Waals surface area (Å²) in [4.78, 5) is 7.53. The number of likely N-dealkylation sites (tertiary alicyclic amines) is 1. The Morgan fingerprint density at radius 2 is 1.93 bits per heavy atom. The molecule has 1 fully saturated rings. The zero-order chi connectivity index (χ0) is 19.5. The Bertz CT molecular complexity index is 946. The van der Waals surface area contributed by atoms with Gasteiger partial charge in [-0.05, 0) is 82.1 Å². The lowest BCUT2D eigenvalue weighted by molar-refractivity contribution is 0.245. The first-order valence-electron chi connectivity index (χ1n) is 10.2. The molecule has 1 atom stereocenters. The summed E-state index contributed by atoms with van der Waals surface area (Å²) in [5.41, 5.74) is 3.34. The minimum Gasteiger partial charge on any atom is -0.494 e. The van der Waals surface area contributed by atoms with Crippen LogP contribution in [-0.4, -0.2) is 34.1 Å². The Morgan fingerprint density at radius 1 is 1.14 bits per heavy atom. The molecule has 2 aromatic carbocycles. The Hall–Kier alpha value is -2.04. The van der Waals surface area contributed by atoms with Crippen molar-refractivity contribution in [3.05, 3.63) is 58.9 Å². The van der Waals surface area contributed by atoms with Crippen LogP contribution in [-0.2, 0) is 6.54 Å². The molecule has 0 spiro atoms. The molecule has 1 aromatic heterocycles. The lowest BCUT2D eigenvalue weighted by Gasteiger charge is -2.24. The smallest absolute Gasteiger partial charge is 0.127 e. The minimum absolute atomic E-state index is 0.342. The summed E-state index contributed by atoms with van der Waals surface area (Å²) in [6.07, 6.45) is 3.51. The van der Waals surface area contributed by atoms with Crippen LogP contribution in [0.4, 0.5) is 0 Å². The first-order valence-corrected chi connectivity index (χ1v) is 10.6. The molecule has 4 nitrogen and oxygen atoms in total. The van der Waals surface area contributed by atoms with Crippen LogP contribution in [0.2, 0.25) is 5.02 Å². The van der Waals surface area contributed by atoms with Crippen LogP contribution in [0.3, 0.4) is 0 Å². The fourth-order valence-corrected chi connectivity index (χ4v) is 4.18. The van der Waals surface area contributed by atoms with E-state index >= 15 is 0 Å². The quantitative estimate of drug-likeness (QED) is 0.484. The van der Waals surface area contributed by atoms with Gasteiger partial charge in [0.2, 0.25) is 0 Å². The molecular formula is C23H28ClN3O. The molecule has 1 unspecified atom stereocenters. The van der Waals surface area contributed by atoms with Crippen molar-refractivity contribution in [1.29, 1.82) is 0 Å². The topological polar surface area (TPSA) is 30.3 Å². The molecule has 1 aliphatic heterocycles. The molecule has 148 valence electrons. The van der Waals surface area contributed by atoms with Gasteiger partial charge in [0.05, 0.1) is 23.7 Å². The van der Waals surface area contributed by atoms with Crippen LogP contribution < -0.4 is 4.74 Å². The lowest BCUT2D eigenvalue weighted by Crippen LogP contribution is -2.26. The van der Waals surface area contributed by atoms with Crippen LogP contribution in [0.15, 0.2) is 42.5 Å². The molecule has 3 aromatic rings. The molecule has 28 heavy (non-hydrogen) atoms. The molecule has 0 aliphatic carbocycles. The number of rotatable bonds is 7. The van der Waals surface area contributed by atoms with Gasteiger partial charge in [-0.2, -0.15) is 0 Å². The fourth-order valence-electron chi connectivity index (χ4n) is 4.06. The molecular weight excluding hydrogens is 370 g/mol. The normalized spacial score (nSPS) is 16.0. The second-order valence-corrected chi connectivity index (χ2v) is 8.05. The average Bonchev–Trinajstić information content (AvgIpc) is 3.36. The highest BCUT2D eigenvalue weighted by Crippen LogP contribution is 2.28. The van der Waals surface area contributed by atoms with Gasteiger partial charge in [-0.15, -0.1) is 0 Å². The number of ether oxygens (including phenoxy) is 1. The van der Waals surface area contributed by atoms with Gasteiger partial charge in [0, 0.05) is 11.6 Å². The van der Waals surface area contributed by atoms with Crippen molar-refractivity contribution in [2.75, 3.05) is 19.7 Å². The maximum atomic E-state index is 6.10. The van der Waals surface area contributed by atoms with Crippen molar-refractivity contribution in [1.82, 2.24) is 14.5 Å². The van der Waals surface area contributed by atoms with E-state index in [0.29, 0.717) is 12.6 Å². The predicted octanol–water partition coefficient (Wildman–Crippen LogP) is 5.62. The highest BCUT2D eigenvalue weighted by molar-refractivity contribution is 6.31. The number of fused-ring (bicyclic) bond motifs is 1. The molecule has 0 amide bonds. The summed E-state index contributed by atoms with van der Waals surface area (Å²) in [6.45, 7) is 8.20. The monoisotopic (exact) mass is 397 g/mol. The van der Waals surface area contributed by atoms with Crippen LogP contribution in [0.25, 0.3) is 11.0 Å². The van der Waals surface area contributed by atoms with E-state index in [4.69, 9.17) is 21.3 Å². The van der Waals surface area contributed by atoms with Gasteiger partial charge in [0.25, 0.3) is 0 Å². The zero-order valence-corrected chi connectivity index (χ0v) is 17.5. The van der Waals surface area contributed by atoms with E-state index < -0.39 is 0 Å². The lowest BCUT2D eigenvalue weighted by atomic mass is 10.2. The number of aromatic nitrogens is 2. The van der Waals surface area contributed by atoms with Gasteiger partial charge < -0.3 is 9.30 Å². The highest BCUT2D eigenvalue weighted by atomic mass is 35.5. The van der Waals surface area contributed by atoms with Gasteiger partial charge in [-0.25, -0.2) is 4.98 Å². The number of hydrogen-bond donors (Lipinski definition) is 0. The number of para-hydroxylation sites is 2. The van der Waals surface area contributed by atoms with Crippen molar-refractivity contribution in [3.8, 4) is 5.75 Å². The molecule has 1 saturated heterocycles. The molecule has 5 heteroatoms. The maximum Gasteiger partial charge on any atom is 0.127 e. The second kappa shape index (κ2) is 8.54. The SMILES string of the molecule is Cc1cc(OCCCn2c(C(C)N3CCCC3)nc3ccccc32)ccc1Cl. The molecule has 0 saturated carbocycles. The van der Waals surface area contributed by atoms with E-state index in [2.05, 4.69) is 40.7 Å². The first kappa shape index (κ1) is 19.3. The summed E-state index contributed by atoms with van der Waals surface area (Å²) in [6, 6.07) is 14.6. The van der Waals surface area contributed by atoms with E-state index in [-0.39, 0.29) is 0 Å². The van der Waals surface area contributed by atoms with Gasteiger partial charge in [0.15, 0.2) is 0 Å². The first-order chi connectivity index (χ1) is 13.6. The second-order valence-electron chi connectivity index (χ2n) is 7.64. The van der Waals surface area contributed by atoms with E-state index in [1.807, 2.05) is 25.1 Å². The van der Waals surface area contributed by atoms with E-state index in [0.717, 1.165) is 34.8 Å². The molecule has 4 rings (SSSR count). The van der Waals surface area contributed by atoms with Crippen LogP contribution in [0, 0.1) is 6.92 Å². The largest absolute Gasteiger partial charge is 0.494 e. The molecule has 1 aliphatic rings. The average molecular weight is 398 g/mol. The number of nitrogens with zero attached hydrogens (tertiary/aromatic N) is 3. The van der Waals surface area contributed by atoms with E-state index in [9.17, 15) is 0 Å². The summed E-state index contributed by atoms with van der Waals surface area (Å²) in [5, 5.41) is 0.776. The van der Waals surface area contributed by atoms with E-state index in [1.165, 1.54) is 37.3 Å². The number of halogens is 1. The summed E-state index contributed by atoms with van der Waals surface area (Å²) in [5.74, 6) is 2.05. The summed E-state index contributed by atoms with van der Waals surface area (Å²) < 4.78 is 8.33. The third-order valence-corrected chi connectivity index (χ3v) is 6.09. The van der Waals surface area contributed by atoms with Crippen LogP contribution in [0.5, 0.6) is 5.75 Å². The summed E-state index contributed by atoms with van der Waals surface area (Å²) in [7, 11) is 0. The van der Waals surface area contributed by atoms with Crippen molar-refractivity contribution in [2.45, 2.75) is 45.7 Å². The Kier molecular flexibility index (Phi) is 5.88. The number of hydrogen-bond acceptors (Lipinski definition) is 3. The molecule has 0 bridgehead atoms. The van der Waals surface area contributed by atoms with Crippen molar-refractivity contribution in [3.63, 3.8) is 0 Å². The predicted molar refractivity (Wildman–Crippen MR) is 115 cm³/mol. The van der Waals surface area contributed by atoms with Crippen LogP contribution >= 0.6 is 11.6 Å². The van der Waals surface area contributed by atoms with Gasteiger partial charge in [0.1, 0.15) is 11.6 Å². The minimum atomic E-state index is 0.342. The van der Waals surface area contributed by atoms with Gasteiger partial charge in [-0.3, -0.25) is 4.90 Å². The number of benzene rings is 2. The third kappa shape index (κ3) is 4.03. The third-order valence-electron chi connectivity index (χ3n) is 5.67. The van der Waals surface area contributed by atoms with Gasteiger partial charge >= 0.3 is 0 Å². The Balaban J connectivity index is 1.47.